The number of carbonyl (C=O) groups excluding carboxylic acids is 1. The van der Waals surface area contributed by atoms with Gasteiger partial charge in [-0.1, -0.05) is 6.07 Å². The fourth-order valence-corrected chi connectivity index (χ4v) is 1.52. The molecule has 0 bridgehead atoms. The molecule has 2 aromatic rings. The number of aromatic amines is 1. The van der Waals surface area contributed by atoms with Gasteiger partial charge in [0.15, 0.2) is 0 Å². The Balaban J connectivity index is 2.67. The number of amides is 1. The second-order valence-corrected chi connectivity index (χ2v) is 3.42. The highest BCUT2D eigenvalue weighted by Crippen LogP contribution is 2.14. The van der Waals surface area contributed by atoms with Gasteiger partial charge >= 0.3 is 0 Å². The highest BCUT2D eigenvalue weighted by molar-refractivity contribution is 6.04. The van der Waals surface area contributed by atoms with Gasteiger partial charge in [0.25, 0.3) is 11.5 Å². The van der Waals surface area contributed by atoms with Gasteiger partial charge in [0.1, 0.15) is 0 Å². The Labute approximate surface area is 96.8 Å². The Morgan fingerprint density at radius 1 is 1.47 bits per heavy atom. The van der Waals surface area contributed by atoms with E-state index in [2.05, 4.69) is 9.97 Å². The van der Waals surface area contributed by atoms with Crippen molar-refractivity contribution in [1.29, 1.82) is 0 Å². The third kappa shape index (κ3) is 1.90. The van der Waals surface area contributed by atoms with Crippen LogP contribution in [0, 0.1) is 0 Å². The van der Waals surface area contributed by atoms with Crippen LogP contribution in [0.2, 0.25) is 0 Å². The van der Waals surface area contributed by atoms with Crippen molar-refractivity contribution in [3.05, 3.63) is 40.4 Å². The number of hydroxylamine groups is 2. The van der Waals surface area contributed by atoms with Crippen molar-refractivity contribution in [2.24, 2.45) is 0 Å². The highest BCUT2D eigenvalue weighted by atomic mass is 16.7. The van der Waals surface area contributed by atoms with Crippen LogP contribution >= 0.6 is 0 Å². The number of hydrogen-bond donors (Lipinski definition) is 1. The van der Waals surface area contributed by atoms with Crippen LogP contribution in [0.25, 0.3) is 10.9 Å². The first kappa shape index (κ1) is 11.3. The largest absolute Gasteiger partial charge is 0.313 e. The van der Waals surface area contributed by atoms with Crippen molar-refractivity contribution >= 4 is 16.8 Å². The molecule has 0 radical (unpaired) electrons. The number of para-hydroxylation sites is 1. The second kappa shape index (κ2) is 4.34. The van der Waals surface area contributed by atoms with E-state index < -0.39 is 0 Å². The topological polar surface area (TPSA) is 75.3 Å². The minimum atomic E-state index is -0.351. The van der Waals surface area contributed by atoms with E-state index in [-0.39, 0.29) is 11.5 Å². The van der Waals surface area contributed by atoms with Gasteiger partial charge in [-0.05, 0) is 12.1 Å². The lowest BCUT2D eigenvalue weighted by molar-refractivity contribution is -0.0755. The van der Waals surface area contributed by atoms with Crippen LogP contribution in [0.15, 0.2) is 29.3 Å². The molecule has 0 aliphatic rings. The zero-order valence-electron chi connectivity index (χ0n) is 9.43. The molecule has 6 heteroatoms. The molecular formula is C11H11N3O3. The Morgan fingerprint density at radius 2 is 2.24 bits per heavy atom. The van der Waals surface area contributed by atoms with Crippen molar-refractivity contribution in [3.63, 3.8) is 0 Å². The molecule has 0 spiro atoms. The standard InChI is InChI=1S/C11H11N3O3/c1-14(17-2)11(16)8-5-3-4-7-9(8)12-6-13-10(7)15/h3-6H,1-2H3,(H,12,13,15). The van der Waals surface area contributed by atoms with E-state index in [1.54, 1.807) is 18.2 Å². The van der Waals surface area contributed by atoms with Crippen LogP contribution in [-0.4, -0.2) is 35.1 Å². The van der Waals surface area contributed by atoms with E-state index in [9.17, 15) is 9.59 Å². The van der Waals surface area contributed by atoms with E-state index in [1.807, 2.05) is 0 Å². The summed E-state index contributed by atoms with van der Waals surface area (Å²) in [5, 5.41) is 1.46. The van der Waals surface area contributed by atoms with Gasteiger partial charge in [-0.3, -0.25) is 14.4 Å². The number of H-pyrrole nitrogens is 1. The number of fused-ring (bicyclic) bond motifs is 1. The summed E-state index contributed by atoms with van der Waals surface area (Å²) in [7, 11) is 2.89. The number of aromatic nitrogens is 2. The third-order valence-electron chi connectivity index (χ3n) is 2.46. The molecule has 1 aromatic carbocycles. The molecule has 0 saturated carbocycles. The molecule has 2 rings (SSSR count). The van der Waals surface area contributed by atoms with Gasteiger partial charge in [-0.15, -0.1) is 0 Å². The molecule has 0 fully saturated rings. The van der Waals surface area contributed by atoms with Gasteiger partial charge in [0.2, 0.25) is 0 Å². The minimum absolute atomic E-state index is 0.273. The summed E-state index contributed by atoms with van der Waals surface area (Å²) >= 11 is 0. The molecule has 0 aliphatic heterocycles. The van der Waals surface area contributed by atoms with Crippen molar-refractivity contribution in [3.8, 4) is 0 Å². The Bertz CT molecular complexity index is 621. The molecular weight excluding hydrogens is 222 g/mol. The lowest BCUT2D eigenvalue weighted by Gasteiger charge is -2.14. The number of benzene rings is 1. The van der Waals surface area contributed by atoms with Crippen molar-refractivity contribution < 1.29 is 9.63 Å². The summed E-state index contributed by atoms with van der Waals surface area (Å²) in [4.78, 5) is 34.8. The lowest BCUT2D eigenvalue weighted by atomic mass is 10.1. The van der Waals surface area contributed by atoms with Crippen molar-refractivity contribution in [1.82, 2.24) is 15.0 Å². The molecule has 6 nitrogen and oxygen atoms in total. The Hall–Kier alpha value is -2.21. The smallest absolute Gasteiger partial charge is 0.279 e. The maximum Gasteiger partial charge on any atom is 0.279 e. The van der Waals surface area contributed by atoms with Crippen LogP contribution in [0.4, 0.5) is 0 Å². The fourth-order valence-electron chi connectivity index (χ4n) is 1.52. The molecule has 1 amide bonds. The maximum absolute atomic E-state index is 11.9. The lowest BCUT2D eigenvalue weighted by Crippen LogP contribution is -2.26. The summed E-state index contributed by atoms with van der Waals surface area (Å²) < 4.78 is 0. The molecule has 0 saturated heterocycles. The van der Waals surface area contributed by atoms with Crippen LogP contribution in [0.1, 0.15) is 10.4 Å². The number of nitrogens with zero attached hydrogens (tertiary/aromatic N) is 2. The third-order valence-corrected chi connectivity index (χ3v) is 2.46. The van der Waals surface area contributed by atoms with Gasteiger partial charge < -0.3 is 4.98 Å². The van der Waals surface area contributed by atoms with E-state index >= 15 is 0 Å². The second-order valence-electron chi connectivity index (χ2n) is 3.42. The Kier molecular flexibility index (Phi) is 2.88. The van der Waals surface area contributed by atoms with Gasteiger partial charge in [0, 0.05) is 7.05 Å². The van der Waals surface area contributed by atoms with E-state index in [4.69, 9.17) is 4.84 Å². The zero-order chi connectivity index (χ0) is 12.4. The highest BCUT2D eigenvalue weighted by Gasteiger charge is 2.16. The first-order valence-electron chi connectivity index (χ1n) is 4.93. The first-order chi connectivity index (χ1) is 8.15. The fraction of sp³-hybridized carbons (Fsp3) is 0.182. The van der Waals surface area contributed by atoms with Gasteiger partial charge in [-0.25, -0.2) is 10.0 Å². The number of carbonyl (C=O) groups is 1. The molecule has 0 aliphatic carbocycles. The summed E-state index contributed by atoms with van der Waals surface area (Å²) in [6.07, 6.45) is 1.27. The van der Waals surface area contributed by atoms with Crippen molar-refractivity contribution in [2.45, 2.75) is 0 Å². The number of hydrogen-bond acceptors (Lipinski definition) is 4. The van der Waals surface area contributed by atoms with Crippen molar-refractivity contribution in [2.75, 3.05) is 14.2 Å². The molecule has 1 aromatic heterocycles. The maximum atomic E-state index is 11.9. The number of nitrogens with one attached hydrogen (secondary N) is 1. The first-order valence-corrected chi connectivity index (χ1v) is 4.93. The van der Waals surface area contributed by atoms with Gasteiger partial charge in [0.05, 0.1) is 29.9 Å². The Morgan fingerprint density at radius 3 is 2.94 bits per heavy atom. The number of rotatable bonds is 2. The molecule has 0 atom stereocenters. The zero-order valence-corrected chi connectivity index (χ0v) is 9.43. The van der Waals surface area contributed by atoms with E-state index in [0.29, 0.717) is 16.5 Å². The van der Waals surface area contributed by atoms with E-state index in [0.717, 1.165) is 5.06 Å². The summed E-state index contributed by atoms with van der Waals surface area (Å²) in [6, 6.07) is 4.85. The summed E-state index contributed by atoms with van der Waals surface area (Å²) in [6.45, 7) is 0. The van der Waals surface area contributed by atoms with Crippen LogP contribution in [0.3, 0.4) is 0 Å². The molecule has 1 N–H and O–H groups in total. The SMILES string of the molecule is CON(C)C(=O)c1cccc2c(=O)[nH]cnc12. The molecule has 17 heavy (non-hydrogen) atoms. The molecule has 0 unspecified atom stereocenters. The average molecular weight is 233 g/mol. The average Bonchev–Trinajstić information content (AvgIpc) is 2.37. The molecule has 88 valence electrons. The van der Waals surface area contributed by atoms with Crippen LogP contribution in [-0.2, 0) is 4.84 Å². The van der Waals surface area contributed by atoms with Crippen LogP contribution in [0.5, 0.6) is 0 Å². The summed E-state index contributed by atoms with van der Waals surface area (Å²) in [5.41, 5.74) is 0.424. The molecule has 1 heterocycles. The normalized spacial score (nSPS) is 10.5. The minimum Gasteiger partial charge on any atom is -0.313 e. The predicted octanol–water partition coefficient (Wildman–Crippen LogP) is 0.556. The quantitative estimate of drug-likeness (QED) is 0.769. The monoisotopic (exact) mass is 233 g/mol. The summed E-state index contributed by atoms with van der Waals surface area (Å²) in [5.74, 6) is -0.351. The van der Waals surface area contributed by atoms with E-state index in [1.165, 1.54) is 20.5 Å². The van der Waals surface area contributed by atoms with Gasteiger partial charge in [-0.2, -0.15) is 0 Å². The van der Waals surface area contributed by atoms with Crippen LogP contribution < -0.4 is 5.56 Å². The predicted molar refractivity (Wildman–Crippen MR) is 61.5 cm³/mol.